The van der Waals surface area contributed by atoms with Gasteiger partial charge in [0, 0.05) is 18.7 Å². The van der Waals surface area contributed by atoms with Crippen LogP contribution in [0, 0.1) is 5.92 Å². The Labute approximate surface area is 187 Å². The van der Waals surface area contributed by atoms with Gasteiger partial charge >= 0.3 is 18.4 Å². The van der Waals surface area contributed by atoms with Crippen molar-refractivity contribution in [1.29, 1.82) is 0 Å². The topological polar surface area (TPSA) is 80.5 Å². The number of hydrogen-bond acceptors (Lipinski definition) is 5. The number of rotatable bonds is 4. The van der Waals surface area contributed by atoms with Crippen LogP contribution in [0.4, 0.5) is 24.0 Å². The summed E-state index contributed by atoms with van der Waals surface area (Å²) in [7, 11) is 0. The van der Waals surface area contributed by atoms with E-state index in [2.05, 4.69) is 20.3 Å². The molecule has 1 unspecified atom stereocenters. The van der Waals surface area contributed by atoms with Crippen LogP contribution < -0.4 is 10.1 Å². The van der Waals surface area contributed by atoms with Crippen LogP contribution in [0.1, 0.15) is 18.9 Å². The summed E-state index contributed by atoms with van der Waals surface area (Å²) in [6, 6.07) is 14.6. The summed E-state index contributed by atoms with van der Waals surface area (Å²) in [4.78, 5) is 14.3. The molecule has 0 aliphatic carbocycles. The van der Waals surface area contributed by atoms with Crippen molar-refractivity contribution < 1.29 is 27.1 Å². The maximum absolute atomic E-state index is 12.6. The van der Waals surface area contributed by atoms with E-state index in [1.807, 2.05) is 43.3 Å². The largest absolute Gasteiger partial charge is 0.573 e. The number of nitrogens with one attached hydrogen (secondary N) is 1. The Morgan fingerprint density at radius 2 is 1.88 bits per heavy atom. The minimum atomic E-state index is -4.72. The van der Waals surface area contributed by atoms with Crippen molar-refractivity contribution in [3.05, 3.63) is 65.7 Å². The standard InChI is InChI=1S/C23H21F3N4O3/c1-15-14-30(22(31)27-21-29-28-20(32-21)17-5-3-2-4-6-17)12-11-18(15)13-16-7-9-19(10-8-16)33-23(24,25)26/h2-10,13,15H,11-12,14H2,1H3,(H,27,29,31). The number of aromatic nitrogens is 2. The van der Waals surface area contributed by atoms with E-state index in [4.69, 9.17) is 4.42 Å². The van der Waals surface area contributed by atoms with Crippen LogP contribution in [-0.2, 0) is 0 Å². The molecule has 0 bridgehead atoms. The van der Waals surface area contributed by atoms with E-state index >= 15 is 0 Å². The monoisotopic (exact) mass is 458 g/mol. The van der Waals surface area contributed by atoms with E-state index in [0.717, 1.165) is 16.7 Å². The van der Waals surface area contributed by atoms with Crippen molar-refractivity contribution in [2.24, 2.45) is 5.92 Å². The molecular weight excluding hydrogens is 437 g/mol. The summed E-state index contributed by atoms with van der Waals surface area (Å²) in [5.41, 5.74) is 2.63. The molecule has 3 aromatic rings. The third kappa shape index (κ3) is 5.91. The molecule has 1 atom stereocenters. The lowest BCUT2D eigenvalue weighted by Gasteiger charge is -2.32. The van der Waals surface area contributed by atoms with Crippen LogP contribution in [0.5, 0.6) is 5.75 Å². The number of carbonyl (C=O) groups excluding carboxylic acids is 1. The summed E-state index contributed by atoms with van der Waals surface area (Å²) in [6.07, 6.45) is -2.15. The zero-order chi connectivity index (χ0) is 23.4. The third-order valence-corrected chi connectivity index (χ3v) is 5.21. The fourth-order valence-electron chi connectivity index (χ4n) is 3.57. The SMILES string of the molecule is CC1CN(C(=O)Nc2nnc(-c3ccccc3)o2)CCC1=Cc1ccc(OC(F)(F)F)cc1. The first-order valence-corrected chi connectivity index (χ1v) is 10.3. The second-order valence-electron chi connectivity index (χ2n) is 7.64. The van der Waals surface area contributed by atoms with Gasteiger partial charge < -0.3 is 14.1 Å². The maximum atomic E-state index is 12.6. The normalized spacial score (nSPS) is 17.8. The Morgan fingerprint density at radius 3 is 2.55 bits per heavy atom. The van der Waals surface area contributed by atoms with E-state index in [1.165, 1.54) is 12.1 Å². The minimum Gasteiger partial charge on any atom is -0.406 e. The number of nitrogens with zero attached hydrogens (tertiary/aromatic N) is 3. The summed E-state index contributed by atoms with van der Waals surface area (Å²) < 4.78 is 46.3. The molecule has 0 saturated carbocycles. The number of alkyl halides is 3. The Bertz CT molecular complexity index is 1130. The molecule has 1 aliphatic rings. The number of amides is 2. The quantitative estimate of drug-likeness (QED) is 0.551. The molecule has 33 heavy (non-hydrogen) atoms. The van der Waals surface area contributed by atoms with Crippen LogP contribution >= 0.6 is 0 Å². The van der Waals surface area contributed by atoms with Crippen molar-refractivity contribution >= 4 is 18.1 Å². The highest BCUT2D eigenvalue weighted by molar-refractivity contribution is 5.87. The molecule has 2 heterocycles. The molecule has 0 radical (unpaired) electrons. The lowest BCUT2D eigenvalue weighted by molar-refractivity contribution is -0.274. The molecule has 1 fully saturated rings. The van der Waals surface area contributed by atoms with Crippen molar-refractivity contribution in [3.8, 4) is 17.2 Å². The Balaban J connectivity index is 1.34. The van der Waals surface area contributed by atoms with Crippen LogP contribution in [-0.4, -0.2) is 40.6 Å². The highest BCUT2D eigenvalue weighted by Crippen LogP contribution is 2.28. The maximum Gasteiger partial charge on any atom is 0.573 e. The van der Waals surface area contributed by atoms with E-state index < -0.39 is 6.36 Å². The first kappa shape index (κ1) is 22.4. The van der Waals surface area contributed by atoms with Gasteiger partial charge in [0.1, 0.15) is 5.75 Å². The molecule has 1 saturated heterocycles. The van der Waals surface area contributed by atoms with Crippen LogP contribution in [0.15, 0.2) is 64.6 Å². The van der Waals surface area contributed by atoms with E-state index in [1.54, 1.807) is 17.0 Å². The number of carbonyl (C=O) groups is 1. The van der Waals surface area contributed by atoms with Gasteiger partial charge in [-0.25, -0.2) is 4.79 Å². The van der Waals surface area contributed by atoms with Crippen LogP contribution in [0.2, 0.25) is 0 Å². The number of halogens is 3. The Hall–Kier alpha value is -3.82. The highest BCUT2D eigenvalue weighted by atomic mass is 19.4. The number of benzene rings is 2. The first-order chi connectivity index (χ1) is 15.8. The Morgan fingerprint density at radius 1 is 1.15 bits per heavy atom. The molecule has 10 heteroatoms. The predicted molar refractivity (Wildman–Crippen MR) is 115 cm³/mol. The molecule has 1 aromatic heterocycles. The lowest BCUT2D eigenvalue weighted by atomic mass is 9.91. The average molecular weight is 458 g/mol. The van der Waals surface area contributed by atoms with Crippen molar-refractivity contribution in [2.75, 3.05) is 18.4 Å². The molecule has 1 N–H and O–H groups in total. The zero-order valence-electron chi connectivity index (χ0n) is 17.7. The second kappa shape index (κ2) is 9.35. The van der Waals surface area contributed by atoms with Gasteiger partial charge in [0.25, 0.3) is 0 Å². The molecular formula is C23H21F3N4O3. The minimum absolute atomic E-state index is 0.0222. The molecule has 0 spiro atoms. The van der Waals surface area contributed by atoms with Crippen molar-refractivity contribution in [3.63, 3.8) is 0 Å². The second-order valence-corrected chi connectivity index (χ2v) is 7.64. The van der Waals surface area contributed by atoms with Gasteiger partial charge in [-0.2, -0.15) is 0 Å². The molecule has 2 aromatic carbocycles. The van der Waals surface area contributed by atoms with Crippen LogP contribution in [0.25, 0.3) is 17.5 Å². The highest BCUT2D eigenvalue weighted by Gasteiger charge is 2.31. The van der Waals surface area contributed by atoms with E-state index in [-0.39, 0.29) is 23.7 Å². The molecule has 4 rings (SSSR count). The summed E-state index contributed by atoms with van der Waals surface area (Å²) in [6.45, 7) is 2.95. The fraction of sp³-hybridized carbons (Fsp3) is 0.261. The average Bonchev–Trinajstić information content (AvgIpc) is 3.24. The first-order valence-electron chi connectivity index (χ1n) is 10.3. The summed E-state index contributed by atoms with van der Waals surface area (Å²) >= 11 is 0. The number of likely N-dealkylation sites (tertiary alicyclic amines) is 1. The van der Waals surface area contributed by atoms with E-state index in [0.29, 0.717) is 25.4 Å². The zero-order valence-corrected chi connectivity index (χ0v) is 17.7. The number of hydrogen-bond donors (Lipinski definition) is 1. The smallest absolute Gasteiger partial charge is 0.406 e. The van der Waals surface area contributed by atoms with Crippen molar-refractivity contribution in [2.45, 2.75) is 19.7 Å². The molecule has 1 aliphatic heterocycles. The van der Waals surface area contributed by atoms with Gasteiger partial charge in [-0.05, 0) is 42.2 Å². The predicted octanol–water partition coefficient (Wildman–Crippen LogP) is 5.59. The summed E-state index contributed by atoms with van der Waals surface area (Å²) in [5.74, 6) is 0.119. The number of anilines is 1. The molecule has 2 amide bonds. The van der Waals surface area contributed by atoms with Crippen molar-refractivity contribution in [1.82, 2.24) is 15.1 Å². The van der Waals surface area contributed by atoms with Gasteiger partial charge in [-0.3, -0.25) is 5.32 Å². The number of ether oxygens (including phenoxy) is 1. The lowest BCUT2D eigenvalue weighted by Crippen LogP contribution is -2.42. The number of urea groups is 1. The van der Waals surface area contributed by atoms with Gasteiger partial charge in [-0.15, -0.1) is 18.3 Å². The molecule has 172 valence electrons. The third-order valence-electron chi connectivity index (χ3n) is 5.21. The van der Waals surface area contributed by atoms with Gasteiger partial charge in [0.2, 0.25) is 5.89 Å². The van der Waals surface area contributed by atoms with Gasteiger partial charge in [0.15, 0.2) is 0 Å². The van der Waals surface area contributed by atoms with Crippen LogP contribution in [0.3, 0.4) is 0 Å². The number of piperidine rings is 1. The summed E-state index contributed by atoms with van der Waals surface area (Å²) in [5, 5.41) is 10.5. The van der Waals surface area contributed by atoms with Gasteiger partial charge in [-0.1, -0.05) is 54.0 Å². The Kier molecular flexibility index (Phi) is 6.34. The van der Waals surface area contributed by atoms with Gasteiger partial charge in [0.05, 0.1) is 0 Å². The molecule has 7 nitrogen and oxygen atoms in total. The fourth-order valence-corrected chi connectivity index (χ4v) is 3.57. The van der Waals surface area contributed by atoms with E-state index in [9.17, 15) is 18.0 Å².